The number of rotatable bonds is 4. The normalized spacial score (nSPS) is 17.3. The maximum atomic E-state index is 12.6. The van der Waals surface area contributed by atoms with Crippen LogP contribution in [0.4, 0.5) is 5.00 Å². The van der Waals surface area contributed by atoms with Gasteiger partial charge in [0.05, 0.1) is 20.5 Å². The minimum absolute atomic E-state index is 0.0199. The SMILES string of the molecule is CC1CCc2c(C#N)c(NC(=O)CCN3C(=O)c4ccccc4C3=O)sc(=S)c2C1. The van der Waals surface area contributed by atoms with Gasteiger partial charge >= 0.3 is 0 Å². The molecule has 30 heavy (non-hydrogen) atoms. The van der Waals surface area contributed by atoms with Crippen molar-refractivity contribution in [3.8, 4) is 6.07 Å². The summed E-state index contributed by atoms with van der Waals surface area (Å²) in [5.74, 6) is -0.616. The summed E-state index contributed by atoms with van der Waals surface area (Å²) in [6, 6.07) is 8.84. The zero-order valence-electron chi connectivity index (χ0n) is 16.4. The van der Waals surface area contributed by atoms with Crippen molar-refractivity contribution in [1.82, 2.24) is 4.90 Å². The fourth-order valence-electron chi connectivity index (χ4n) is 3.99. The van der Waals surface area contributed by atoms with E-state index in [2.05, 4.69) is 18.3 Å². The molecule has 6 nitrogen and oxygen atoms in total. The number of hydrogen-bond acceptors (Lipinski definition) is 6. The fourth-order valence-corrected chi connectivity index (χ4v) is 5.40. The average Bonchev–Trinajstić information content (AvgIpc) is 2.97. The van der Waals surface area contributed by atoms with Gasteiger partial charge in [0.2, 0.25) is 5.91 Å². The molecule has 1 N–H and O–H groups in total. The van der Waals surface area contributed by atoms with E-state index >= 15 is 0 Å². The molecule has 0 fully saturated rings. The van der Waals surface area contributed by atoms with E-state index in [0.717, 1.165) is 35.3 Å². The highest BCUT2D eigenvalue weighted by atomic mass is 32.1. The van der Waals surface area contributed by atoms with Crippen LogP contribution in [-0.2, 0) is 17.6 Å². The van der Waals surface area contributed by atoms with Gasteiger partial charge in [0.1, 0.15) is 11.1 Å². The number of hydrogen-bond donors (Lipinski definition) is 1. The van der Waals surface area contributed by atoms with E-state index in [1.807, 2.05) is 0 Å². The van der Waals surface area contributed by atoms with Crippen LogP contribution in [0.3, 0.4) is 0 Å². The predicted octanol–water partition coefficient (Wildman–Crippen LogP) is 4.10. The number of fused-ring (bicyclic) bond motifs is 2. The molecule has 0 radical (unpaired) electrons. The molecule has 0 spiro atoms. The summed E-state index contributed by atoms with van der Waals surface area (Å²) >= 11 is 6.76. The van der Waals surface area contributed by atoms with Crippen molar-refractivity contribution in [2.45, 2.75) is 32.6 Å². The summed E-state index contributed by atoms with van der Waals surface area (Å²) in [6.07, 6.45) is 2.56. The molecule has 0 bridgehead atoms. The number of nitrogens with zero attached hydrogens (tertiary/aromatic N) is 2. The largest absolute Gasteiger partial charge is 0.317 e. The smallest absolute Gasteiger partial charge is 0.261 e. The van der Waals surface area contributed by atoms with Gasteiger partial charge in [0.15, 0.2) is 0 Å². The van der Waals surface area contributed by atoms with Crippen LogP contribution < -0.4 is 5.32 Å². The van der Waals surface area contributed by atoms with Crippen LogP contribution in [0.5, 0.6) is 0 Å². The van der Waals surface area contributed by atoms with E-state index in [9.17, 15) is 19.6 Å². The third kappa shape index (κ3) is 3.55. The number of carbonyl (C=O) groups is 3. The maximum Gasteiger partial charge on any atom is 0.261 e. The van der Waals surface area contributed by atoms with E-state index in [1.165, 1.54) is 11.3 Å². The first-order valence-corrected chi connectivity index (χ1v) is 11.0. The van der Waals surface area contributed by atoms with Crippen molar-refractivity contribution < 1.29 is 14.4 Å². The van der Waals surface area contributed by atoms with Crippen LogP contribution >= 0.6 is 23.6 Å². The van der Waals surface area contributed by atoms with Gasteiger partial charge in [-0.3, -0.25) is 19.3 Å². The lowest BCUT2D eigenvalue weighted by Crippen LogP contribution is -2.33. The van der Waals surface area contributed by atoms with Gasteiger partial charge in [-0.05, 0) is 48.4 Å². The Morgan fingerprint density at radius 2 is 1.93 bits per heavy atom. The molecule has 8 heteroatoms. The molecule has 152 valence electrons. The summed E-state index contributed by atoms with van der Waals surface area (Å²) in [7, 11) is 0. The third-order valence-corrected chi connectivity index (χ3v) is 7.02. The Hall–Kier alpha value is -2.89. The molecule has 3 amide bonds. The first-order chi connectivity index (χ1) is 14.4. The standard InChI is InChI=1S/C22H19N3O3S2/c1-12-6-7-13-16(10-12)22(29)30-19(17(13)11-23)24-18(26)8-9-25-20(27)14-4-2-3-5-15(14)21(25)28/h2-5,12H,6-10H2,1H3,(H,24,26). The Bertz CT molecular complexity index is 1140. The van der Waals surface area contributed by atoms with E-state index in [1.54, 1.807) is 24.3 Å². The number of benzene rings is 1. The third-order valence-electron chi connectivity index (χ3n) is 5.58. The van der Waals surface area contributed by atoms with Crippen molar-refractivity contribution in [2.24, 2.45) is 5.92 Å². The average molecular weight is 438 g/mol. The Morgan fingerprint density at radius 3 is 2.57 bits per heavy atom. The summed E-state index contributed by atoms with van der Waals surface area (Å²) in [5.41, 5.74) is 3.18. The van der Waals surface area contributed by atoms with Crippen molar-refractivity contribution in [3.05, 3.63) is 55.9 Å². The maximum absolute atomic E-state index is 12.6. The molecule has 2 aromatic rings. The first kappa shape index (κ1) is 20.4. The Morgan fingerprint density at radius 1 is 1.27 bits per heavy atom. The van der Waals surface area contributed by atoms with Crippen LogP contribution in [0.1, 0.15) is 57.2 Å². The lowest BCUT2D eigenvalue weighted by atomic mass is 9.85. The molecule has 1 aromatic heterocycles. The van der Waals surface area contributed by atoms with Crippen LogP contribution in [-0.4, -0.2) is 29.2 Å². The summed E-state index contributed by atoms with van der Waals surface area (Å²) < 4.78 is 0.700. The molecule has 1 unspecified atom stereocenters. The van der Waals surface area contributed by atoms with Gasteiger partial charge < -0.3 is 5.32 Å². The second-order valence-corrected chi connectivity index (χ2v) is 9.30. The first-order valence-electron chi connectivity index (χ1n) is 9.74. The number of nitriles is 1. The highest BCUT2D eigenvalue weighted by Crippen LogP contribution is 2.36. The summed E-state index contributed by atoms with van der Waals surface area (Å²) in [6.45, 7) is 2.15. The molecule has 4 rings (SSSR count). The zero-order valence-corrected chi connectivity index (χ0v) is 18.0. The molecule has 1 aliphatic heterocycles. The molecule has 1 aromatic carbocycles. The van der Waals surface area contributed by atoms with Crippen molar-refractivity contribution in [2.75, 3.05) is 11.9 Å². The van der Waals surface area contributed by atoms with Crippen LogP contribution in [0, 0.1) is 21.1 Å². The van der Waals surface area contributed by atoms with Crippen molar-refractivity contribution >= 4 is 46.3 Å². The summed E-state index contributed by atoms with van der Waals surface area (Å²) in [4.78, 5) is 38.5. The van der Waals surface area contributed by atoms with E-state index in [-0.39, 0.29) is 30.7 Å². The molecule has 0 saturated carbocycles. The van der Waals surface area contributed by atoms with Gasteiger partial charge in [-0.2, -0.15) is 5.26 Å². The highest BCUT2D eigenvalue weighted by Gasteiger charge is 2.35. The molecule has 2 aliphatic rings. The van der Waals surface area contributed by atoms with Crippen LogP contribution in [0.15, 0.2) is 24.3 Å². The predicted molar refractivity (Wildman–Crippen MR) is 116 cm³/mol. The quantitative estimate of drug-likeness (QED) is 0.574. The van der Waals surface area contributed by atoms with Gasteiger partial charge in [-0.1, -0.05) is 31.3 Å². The van der Waals surface area contributed by atoms with Crippen LogP contribution in [0.2, 0.25) is 0 Å². The van der Waals surface area contributed by atoms with Crippen molar-refractivity contribution in [3.63, 3.8) is 0 Å². The molecule has 1 atom stereocenters. The van der Waals surface area contributed by atoms with E-state index < -0.39 is 0 Å². The lowest BCUT2D eigenvalue weighted by Gasteiger charge is -2.23. The van der Waals surface area contributed by atoms with Gasteiger partial charge in [0.25, 0.3) is 11.8 Å². The van der Waals surface area contributed by atoms with Crippen molar-refractivity contribution in [1.29, 1.82) is 5.26 Å². The Labute approximate surface area is 183 Å². The molecular weight excluding hydrogens is 418 g/mol. The molecule has 1 aliphatic carbocycles. The number of nitrogens with one attached hydrogen (secondary N) is 1. The van der Waals surface area contributed by atoms with Crippen LogP contribution in [0.25, 0.3) is 0 Å². The second kappa shape index (κ2) is 8.09. The topological polar surface area (TPSA) is 90.3 Å². The highest BCUT2D eigenvalue weighted by molar-refractivity contribution is 7.73. The van der Waals surface area contributed by atoms with Gasteiger partial charge in [-0.25, -0.2) is 0 Å². The number of imide groups is 1. The molecule has 2 heterocycles. The molecular formula is C22H19N3O3S2. The lowest BCUT2D eigenvalue weighted by molar-refractivity contribution is -0.116. The minimum atomic E-state index is -0.389. The molecule has 0 saturated heterocycles. The minimum Gasteiger partial charge on any atom is -0.317 e. The monoisotopic (exact) mass is 437 g/mol. The fraction of sp³-hybridized carbons (Fsp3) is 0.318. The Kier molecular flexibility index (Phi) is 5.50. The van der Waals surface area contributed by atoms with E-state index in [0.29, 0.717) is 31.4 Å². The Balaban J connectivity index is 1.49. The number of amides is 3. The van der Waals surface area contributed by atoms with E-state index in [4.69, 9.17) is 12.2 Å². The number of carbonyl (C=O) groups excluding carboxylic acids is 3. The van der Waals surface area contributed by atoms with Gasteiger partial charge in [-0.15, -0.1) is 11.3 Å². The van der Waals surface area contributed by atoms with Gasteiger partial charge in [0, 0.05) is 13.0 Å². The zero-order chi connectivity index (χ0) is 21.4. The number of anilines is 1. The second-order valence-electron chi connectivity index (χ2n) is 7.62. The summed E-state index contributed by atoms with van der Waals surface area (Å²) in [5, 5.41) is 12.9.